The van der Waals surface area contributed by atoms with Gasteiger partial charge in [-0.1, -0.05) is 47.5 Å². The van der Waals surface area contributed by atoms with E-state index in [0.29, 0.717) is 52.9 Å². The standard InChI is InChI=1S/C27H27Cl2NO4/c1-3-33-12-13-34-27(32)24-16(2)30-22-14-19(17-4-8-20(28)9-5-17)15-23(31)26(22)25(24)18-6-10-21(29)11-7-18/h4-11,19,25,30H,3,12-15H2,1-2H3/t19-,25-/m0/s1. The predicted octanol–water partition coefficient (Wildman–Crippen LogP) is 5.93. The van der Waals surface area contributed by atoms with Crippen LogP contribution in [0.15, 0.2) is 71.1 Å². The fourth-order valence-corrected chi connectivity index (χ4v) is 4.94. The molecule has 1 aliphatic carbocycles. The summed E-state index contributed by atoms with van der Waals surface area (Å²) in [4.78, 5) is 26.7. The lowest BCUT2D eigenvalue weighted by Gasteiger charge is -2.36. The maximum absolute atomic E-state index is 13.6. The molecule has 0 radical (unpaired) electrons. The highest BCUT2D eigenvalue weighted by Crippen LogP contribution is 2.45. The minimum Gasteiger partial charge on any atom is -0.460 e. The second kappa shape index (κ2) is 10.8. The summed E-state index contributed by atoms with van der Waals surface area (Å²) in [6, 6.07) is 14.9. The Morgan fingerprint density at radius 3 is 2.21 bits per heavy atom. The van der Waals surface area contributed by atoms with Crippen LogP contribution in [0.1, 0.15) is 49.7 Å². The number of benzene rings is 2. The number of Topliss-reactive ketones (excluding diaryl/α,β-unsaturated/α-hetero) is 1. The summed E-state index contributed by atoms with van der Waals surface area (Å²) < 4.78 is 10.8. The molecule has 1 aliphatic heterocycles. The number of hydrogen-bond acceptors (Lipinski definition) is 5. The summed E-state index contributed by atoms with van der Waals surface area (Å²) in [6.45, 7) is 4.75. The molecule has 2 aromatic rings. The zero-order valence-corrected chi connectivity index (χ0v) is 20.7. The highest BCUT2D eigenvalue weighted by molar-refractivity contribution is 6.30. The van der Waals surface area contributed by atoms with Gasteiger partial charge in [0.2, 0.25) is 0 Å². The zero-order chi connectivity index (χ0) is 24.2. The van der Waals surface area contributed by atoms with Crippen LogP contribution in [0.25, 0.3) is 0 Å². The number of carbonyl (C=O) groups excluding carboxylic acids is 2. The van der Waals surface area contributed by atoms with E-state index >= 15 is 0 Å². The normalized spacial score (nSPS) is 20.2. The Bertz CT molecular complexity index is 1140. The van der Waals surface area contributed by atoms with E-state index in [0.717, 1.165) is 16.8 Å². The number of hydrogen-bond donors (Lipinski definition) is 1. The van der Waals surface area contributed by atoms with Crippen molar-refractivity contribution in [3.63, 3.8) is 0 Å². The summed E-state index contributed by atoms with van der Waals surface area (Å²) in [6.07, 6.45) is 1.02. The molecular weight excluding hydrogens is 473 g/mol. The van der Waals surface area contributed by atoms with Gasteiger partial charge in [-0.25, -0.2) is 4.79 Å². The number of allylic oxidation sites excluding steroid dienone is 3. The fraction of sp³-hybridized carbons (Fsp3) is 0.333. The molecule has 5 nitrogen and oxygen atoms in total. The molecule has 1 N–H and O–H groups in total. The number of carbonyl (C=O) groups is 2. The van der Waals surface area contributed by atoms with Crippen LogP contribution in [0, 0.1) is 0 Å². The highest BCUT2D eigenvalue weighted by Gasteiger charge is 2.41. The first-order chi connectivity index (χ1) is 16.4. The van der Waals surface area contributed by atoms with E-state index in [1.54, 1.807) is 12.1 Å². The van der Waals surface area contributed by atoms with Crippen molar-refractivity contribution in [1.29, 1.82) is 0 Å². The first-order valence-corrected chi connectivity index (χ1v) is 12.1. The molecule has 0 bridgehead atoms. The Hall–Kier alpha value is -2.60. The number of ketones is 1. The van der Waals surface area contributed by atoms with Gasteiger partial charge in [-0.05, 0) is 61.6 Å². The van der Waals surface area contributed by atoms with Gasteiger partial charge in [-0.3, -0.25) is 4.79 Å². The maximum atomic E-state index is 13.6. The third kappa shape index (κ3) is 5.22. The van der Waals surface area contributed by atoms with E-state index < -0.39 is 11.9 Å². The lowest BCUT2D eigenvalue weighted by Crippen LogP contribution is -2.36. The Morgan fingerprint density at radius 1 is 0.971 bits per heavy atom. The molecule has 0 unspecified atom stereocenters. The fourth-order valence-electron chi connectivity index (χ4n) is 4.68. The average molecular weight is 500 g/mol. The molecule has 34 heavy (non-hydrogen) atoms. The molecule has 0 aromatic heterocycles. The van der Waals surface area contributed by atoms with Crippen molar-refractivity contribution in [3.05, 3.63) is 92.2 Å². The van der Waals surface area contributed by atoms with Gasteiger partial charge in [0.15, 0.2) is 5.78 Å². The molecule has 178 valence electrons. The van der Waals surface area contributed by atoms with Gasteiger partial charge in [0.1, 0.15) is 6.61 Å². The number of rotatable bonds is 7. The first-order valence-electron chi connectivity index (χ1n) is 11.4. The number of esters is 1. The van der Waals surface area contributed by atoms with Crippen LogP contribution in [-0.2, 0) is 19.1 Å². The Kier molecular flexibility index (Phi) is 7.77. The SMILES string of the molecule is CCOCCOC(=O)C1=C(C)NC2=C(C(=O)C[C@@H](c3ccc(Cl)cc3)C2)[C@H]1c1ccc(Cl)cc1. The van der Waals surface area contributed by atoms with Gasteiger partial charge in [-0.15, -0.1) is 0 Å². The monoisotopic (exact) mass is 499 g/mol. The highest BCUT2D eigenvalue weighted by atomic mass is 35.5. The largest absolute Gasteiger partial charge is 0.460 e. The van der Waals surface area contributed by atoms with E-state index in [1.807, 2.05) is 50.2 Å². The second-order valence-corrected chi connectivity index (χ2v) is 9.33. The molecule has 2 aliphatic rings. The van der Waals surface area contributed by atoms with Crippen LogP contribution in [0.2, 0.25) is 10.0 Å². The predicted molar refractivity (Wildman–Crippen MR) is 133 cm³/mol. The zero-order valence-electron chi connectivity index (χ0n) is 19.2. The van der Waals surface area contributed by atoms with Crippen LogP contribution < -0.4 is 5.32 Å². The van der Waals surface area contributed by atoms with Crippen molar-refractivity contribution >= 4 is 35.0 Å². The molecule has 0 fully saturated rings. The quantitative estimate of drug-likeness (QED) is 0.377. The van der Waals surface area contributed by atoms with Gasteiger partial charge in [-0.2, -0.15) is 0 Å². The van der Waals surface area contributed by atoms with E-state index in [1.165, 1.54) is 0 Å². The molecule has 0 spiro atoms. The average Bonchev–Trinajstić information content (AvgIpc) is 2.81. The van der Waals surface area contributed by atoms with Crippen molar-refractivity contribution in [2.24, 2.45) is 0 Å². The van der Waals surface area contributed by atoms with Crippen molar-refractivity contribution in [2.45, 2.75) is 38.5 Å². The van der Waals surface area contributed by atoms with E-state index in [4.69, 9.17) is 32.7 Å². The van der Waals surface area contributed by atoms with Crippen molar-refractivity contribution in [1.82, 2.24) is 5.32 Å². The lowest BCUT2D eigenvalue weighted by molar-refractivity contribution is -0.140. The summed E-state index contributed by atoms with van der Waals surface area (Å²) in [7, 11) is 0. The maximum Gasteiger partial charge on any atom is 0.336 e. The third-order valence-electron chi connectivity index (χ3n) is 6.26. The third-order valence-corrected chi connectivity index (χ3v) is 6.76. The summed E-state index contributed by atoms with van der Waals surface area (Å²) in [5, 5.41) is 4.61. The molecule has 0 amide bonds. The van der Waals surface area contributed by atoms with Gasteiger partial charge in [0, 0.05) is 46.0 Å². The molecular formula is C27H27Cl2NO4. The molecule has 2 aromatic carbocycles. The van der Waals surface area contributed by atoms with Crippen molar-refractivity contribution in [2.75, 3.05) is 19.8 Å². The molecule has 4 rings (SSSR count). The minimum absolute atomic E-state index is 0.0146. The number of dihydropyridines is 1. The Labute approximate surface area is 209 Å². The molecule has 7 heteroatoms. The number of nitrogens with one attached hydrogen (secondary N) is 1. The Balaban J connectivity index is 1.70. The van der Waals surface area contributed by atoms with Gasteiger partial charge in [0.25, 0.3) is 0 Å². The summed E-state index contributed by atoms with van der Waals surface area (Å²) in [5.74, 6) is -0.925. The first kappa shape index (κ1) is 24.5. The topological polar surface area (TPSA) is 64.6 Å². The van der Waals surface area contributed by atoms with Crippen LogP contribution in [0.5, 0.6) is 0 Å². The van der Waals surface area contributed by atoms with Gasteiger partial charge >= 0.3 is 5.97 Å². The summed E-state index contributed by atoms with van der Waals surface area (Å²) >= 11 is 12.2. The minimum atomic E-state index is -0.522. The molecule has 0 saturated carbocycles. The van der Waals surface area contributed by atoms with Crippen LogP contribution >= 0.6 is 23.2 Å². The number of ether oxygens (including phenoxy) is 2. The molecule has 1 heterocycles. The van der Waals surface area contributed by atoms with Gasteiger partial charge in [0.05, 0.1) is 12.2 Å². The Morgan fingerprint density at radius 2 is 1.59 bits per heavy atom. The van der Waals surface area contributed by atoms with Crippen LogP contribution in [0.4, 0.5) is 0 Å². The van der Waals surface area contributed by atoms with Crippen molar-refractivity contribution < 1.29 is 19.1 Å². The second-order valence-electron chi connectivity index (χ2n) is 8.45. The smallest absolute Gasteiger partial charge is 0.336 e. The van der Waals surface area contributed by atoms with Crippen molar-refractivity contribution in [3.8, 4) is 0 Å². The van der Waals surface area contributed by atoms with E-state index in [-0.39, 0.29) is 18.3 Å². The summed E-state index contributed by atoms with van der Waals surface area (Å²) in [5.41, 5.74) is 4.49. The van der Waals surface area contributed by atoms with Gasteiger partial charge < -0.3 is 14.8 Å². The molecule has 2 atom stereocenters. The number of halogens is 2. The molecule has 0 saturated heterocycles. The van der Waals surface area contributed by atoms with Crippen LogP contribution in [0.3, 0.4) is 0 Å². The lowest BCUT2D eigenvalue weighted by atomic mass is 9.72. The van der Waals surface area contributed by atoms with Crippen LogP contribution in [-0.4, -0.2) is 31.6 Å². The van der Waals surface area contributed by atoms with E-state index in [9.17, 15) is 9.59 Å². The van der Waals surface area contributed by atoms with E-state index in [2.05, 4.69) is 5.32 Å².